The Kier molecular flexibility index (Phi) is 4.99. The van der Waals surface area contributed by atoms with Gasteiger partial charge in [0.05, 0.1) is 6.54 Å². The van der Waals surface area contributed by atoms with E-state index in [-0.39, 0.29) is 12.4 Å². The van der Waals surface area contributed by atoms with E-state index in [2.05, 4.69) is 15.3 Å². The lowest BCUT2D eigenvalue weighted by atomic mass is 10.1. The lowest BCUT2D eigenvalue weighted by Gasteiger charge is -2.29. The molecule has 0 saturated carbocycles. The second kappa shape index (κ2) is 5.80. The Bertz CT molecular complexity index is 295. The normalized spacial score (nSPS) is 18.8. The molecule has 0 bridgehead atoms. The van der Waals surface area contributed by atoms with Gasteiger partial charge in [-0.15, -0.1) is 23.7 Å². The number of thiazole rings is 1. The van der Waals surface area contributed by atoms with Crippen LogP contribution in [0.2, 0.25) is 0 Å². The molecule has 1 fully saturated rings. The molecule has 0 spiro atoms. The molecule has 0 atom stereocenters. The van der Waals surface area contributed by atoms with Crippen LogP contribution in [0.1, 0.15) is 23.5 Å². The van der Waals surface area contributed by atoms with E-state index in [1.54, 1.807) is 11.3 Å². The van der Waals surface area contributed by atoms with Crippen molar-refractivity contribution >= 4 is 23.7 Å². The molecule has 2 rings (SSSR count). The van der Waals surface area contributed by atoms with Crippen LogP contribution in [0.25, 0.3) is 0 Å². The van der Waals surface area contributed by atoms with Crippen molar-refractivity contribution in [3.8, 4) is 0 Å². The number of aromatic nitrogens is 1. The summed E-state index contributed by atoms with van der Waals surface area (Å²) in [6.45, 7) is 5.30. The summed E-state index contributed by atoms with van der Waals surface area (Å²) in [7, 11) is 0. The largest absolute Gasteiger partial charge is 0.328 e. The van der Waals surface area contributed by atoms with Gasteiger partial charge in [0, 0.05) is 30.2 Å². The highest BCUT2D eigenvalue weighted by Gasteiger charge is 2.16. The molecular weight excluding hydrogens is 230 g/mol. The molecule has 0 radical (unpaired) electrons. The van der Waals surface area contributed by atoms with Gasteiger partial charge in [-0.25, -0.2) is 4.98 Å². The van der Waals surface area contributed by atoms with Crippen molar-refractivity contribution in [2.24, 2.45) is 5.73 Å². The minimum atomic E-state index is 0. The van der Waals surface area contributed by atoms with Crippen molar-refractivity contribution < 1.29 is 0 Å². The predicted molar refractivity (Wildman–Crippen MR) is 66.6 cm³/mol. The average Bonchev–Trinajstić information content (AvgIpc) is 2.56. The van der Waals surface area contributed by atoms with E-state index < -0.39 is 0 Å². The molecule has 1 aliphatic rings. The molecule has 1 aromatic rings. The number of hydrogen-bond acceptors (Lipinski definition) is 4. The zero-order chi connectivity index (χ0) is 9.97. The monoisotopic (exact) mass is 247 g/mol. The second-order valence-corrected chi connectivity index (χ2v) is 4.94. The Morgan fingerprint density at radius 2 is 2.20 bits per heavy atom. The molecule has 2 heterocycles. The quantitative estimate of drug-likeness (QED) is 0.867. The first-order chi connectivity index (χ1) is 6.74. The van der Waals surface area contributed by atoms with E-state index in [1.807, 2.05) is 6.92 Å². The van der Waals surface area contributed by atoms with E-state index in [9.17, 15) is 0 Å². The van der Waals surface area contributed by atoms with E-state index >= 15 is 0 Å². The van der Waals surface area contributed by atoms with Gasteiger partial charge in [-0.3, -0.25) is 4.90 Å². The van der Waals surface area contributed by atoms with Crippen molar-refractivity contribution in [1.82, 2.24) is 9.88 Å². The first-order valence-electron chi connectivity index (χ1n) is 5.13. The molecule has 15 heavy (non-hydrogen) atoms. The Labute approximate surface area is 101 Å². The highest BCUT2D eigenvalue weighted by molar-refractivity contribution is 7.09. The molecule has 1 aliphatic heterocycles. The van der Waals surface area contributed by atoms with Crippen molar-refractivity contribution in [3.05, 3.63) is 16.1 Å². The van der Waals surface area contributed by atoms with E-state index in [1.165, 1.54) is 5.01 Å². The number of halogens is 1. The number of piperidine rings is 1. The summed E-state index contributed by atoms with van der Waals surface area (Å²) in [6, 6.07) is 0.421. The fourth-order valence-electron chi connectivity index (χ4n) is 1.78. The summed E-state index contributed by atoms with van der Waals surface area (Å²) in [5.74, 6) is 0. The number of likely N-dealkylation sites (tertiary alicyclic amines) is 1. The van der Waals surface area contributed by atoms with Crippen LogP contribution in [0.5, 0.6) is 0 Å². The van der Waals surface area contributed by atoms with Gasteiger partial charge in [-0.2, -0.15) is 0 Å². The molecule has 5 heteroatoms. The summed E-state index contributed by atoms with van der Waals surface area (Å²) in [5.41, 5.74) is 6.99. The summed E-state index contributed by atoms with van der Waals surface area (Å²) in [6.07, 6.45) is 2.26. The zero-order valence-corrected chi connectivity index (χ0v) is 10.6. The average molecular weight is 248 g/mol. The zero-order valence-electron chi connectivity index (χ0n) is 8.98. The molecule has 0 amide bonds. The summed E-state index contributed by atoms with van der Waals surface area (Å²) in [5, 5.41) is 3.35. The van der Waals surface area contributed by atoms with E-state index in [4.69, 9.17) is 5.73 Å². The SMILES string of the molecule is Cc1csc(CN2CCC(N)CC2)n1.Cl. The smallest absolute Gasteiger partial charge is 0.107 e. The van der Waals surface area contributed by atoms with Gasteiger partial charge in [0.2, 0.25) is 0 Å². The fourth-order valence-corrected chi connectivity index (χ4v) is 2.59. The molecule has 1 aromatic heterocycles. The van der Waals surface area contributed by atoms with Crippen LogP contribution in [-0.2, 0) is 6.54 Å². The van der Waals surface area contributed by atoms with Gasteiger partial charge in [-0.1, -0.05) is 0 Å². The first kappa shape index (κ1) is 12.9. The number of aryl methyl sites for hydroxylation is 1. The lowest BCUT2D eigenvalue weighted by Crippen LogP contribution is -2.39. The minimum absolute atomic E-state index is 0. The molecule has 2 N–H and O–H groups in total. The summed E-state index contributed by atoms with van der Waals surface area (Å²) < 4.78 is 0. The molecule has 86 valence electrons. The lowest BCUT2D eigenvalue weighted by molar-refractivity contribution is 0.205. The van der Waals surface area contributed by atoms with Gasteiger partial charge in [0.1, 0.15) is 5.01 Å². The van der Waals surface area contributed by atoms with Crippen molar-refractivity contribution in [3.63, 3.8) is 0 Å². The third-order valence-electron chi connectivity index (χ3n) is 2.66. The third-order valence-corrected chi connectivity index (χ3v) is 3.61. The molecule has 1 saturated heterocycles. The van der Waals surface area contributed by atoms with Crippen molar-refractivity contribution in [1.29, 1.82) is 0 Å². The Balaban J connectivity index is 0.00000112. The number of hydrogen-bond donors (Lipinski definition) is 1. The van der Waals surface area contributed by atoms with Gasteiger partial charge in [0.15, 0.2) is 0 Å². The Morgan fingerprint density at radius 1 is 1.53 bits per heavy atom. The Morgan fingerprint density at radius 3 is 2.73 bits per heavy atom. The molecule has 3 nitrogen and oxygen atoms in total. The second-order valence-electron chi connectivity index (χ2n) is 4.00. The number of nitrogens with zero attached hydrogens (tertiary/aromatic N) is 2. The van der Waals surface area contributed by atoms with Crippen LogP contribution in [0.4, 0.5) is 0 Å². The van der Waals surface area contributed by atoms with Crippen LogP contribution in [0.15, 0.2) is 5.38 Å². The fraction of sp³-hybridized carbons (Fsp3) is 0.700. The standard InChI is InChI=1S/C10H17N3S.ClH/c1-8-7-14-10(12-8)6-13-4-2-9(11)3-5-13;/h7,9H,2-6,11H2,1H3;1H. The first-order valence-corrected chi connectivity index (χ1v) is 6.01. The Hall–Kier alpha value is -0.160. The molecule has 0 aromatic carbocycles. The van der Waals surface area contributed by atoms with Crippen molar-refractivity contribution in [2.75, 3.05) is 13.1 Å². The number of rotatable bonds is 2. The number of nitrogens with two attached hydrogens (primary N) is 1. The summed E-state index contributed by atoms with van der Waals surface area (Å²) in [4.78, 5) is 6.92. The maximum Gasteiger partial charge on any atom is 0.107 e. The predicted octanol–water partition coefficient (Wildman–Crippen LogP) is 1.80. The van der Waals surface area contributed by atoms with Gasteiger partial charge in [-0.05, 0) is 19.8 Å². The highest BCUT2D eigenvalue weighted by atomic mass is 35.5. The van der Waals surface area contributed by atoms with E-state index in [0.717, 1.165) is 38.2 Å². The topological polar surface area (TPSA) is 42.1 Å². The van der Waals surface area contributed by atoms with Gasteiger partial charge < -0.3 is 5.73 Å². The van der Waals surface area contributed by atoms with Crippen LogP contribution in [0, 0.1) is 6.92 Å². The third kappa shape index (κ3) is 3.72. The maximum absolute atomic E-state index is 5.85. The van der Waals surface area contributed by atoms with E-state index in [0.29, 0.717) is 6.04 Å². The molecular formula is C10H18ClN3S. The van der Waals surface area contributed by atoms with Crippen LogP contribution in [-0.4, -0.2) is 29.0 Å². The van der Waals surface area contributed by atoms with Crippen molar-refractivity contribution in [2.45, 2.75) is 32.4 Å². The van der Waals surface area contributed by atoms with Gasteiger partial charge in [0.25, 0.3) is 0 Å². The molecule has 0 aliphatic carbocycles. The summed E-state index contributed by atoms with van der Waals surface area (Å²) >= 11 is 1.76. The van der Waals surface area contributed by atoms with Crippen LogP contribution < -0.4 is 5.73 Å². The minimum Gasteiger partial charge on any atom is -0.328 e. The molecule has 0 unspecified atom stereocenters. The van der Waals surface area contributed by atoms with Crippen LogP contribution >= 0.6 is 23.7 Å². The van der Waals surface area contributed by atoms with Crippen LogP contribution in [0.3, 0.4) is 0 Å². The van der Waals surface area contributed by atoms with Gasteiger partial charge >= 0.3 is 0 Å². The maximum atomic E-state index is 5.85. The highest BCUT2D eigenvalue weighted by Crippen LogP contribution is 2.15.